The molecule has 0 radical (unpaired) electrons. The smallest absolute Gasteiger partial charge is 0.310 e. The summed E-state index contributed by atoms with van der Waals surface area (Å²) in [4.78, 5) is 13.1. The summed E-state index contributed by atoms with van der Waals surface area (Å²) in [5.74, 6) is -0.560. The summed E-state index contributed by atoms with van der Waals surface area (Å²) in [7, 11) is 1.69. The zero-order valence-corrected chi connectivity index (χ0v) is 11.0. The number of ether oxygens (including phenoxy) is 1. The second kappa shape index (κ2) is 5.32. The van der Waals surface area contributed by atoms with Gasteiger partial charge in [0.1, 0.15) is 6.10 Å². The molecule has 19 heavy (non-hydrogen) atoms. The van der Waals surface area contributed by atoms with E-state index in [1.165, 1.54) is 0 Å². The standard InChI is InChI=1S/C14H17NO4/c1-3-19-12(16)8-10-13(17)9-6-4-5-7-11(9)15(2)14(10)18/h4-7,13,17-18H,3,8H2,1-2H3. The van der Waals surface area contributed by atoms with E-state index in [1.54, 1.807) is 37.1 Å². The normalized spacial score (nSPS) is 18.3. The van der Waals surface area contributed by atoms with Gasteiger partial charge in [0.15, 0.2) is 5.88 Å². The molecule has 0 bridgehead atoms. The van der Waals surface area contributed by atoms with Gasteiger partial charge in [0, 0.05) is 23.9 Å². The van der Waals surface area contributed by atoms with Crippen LogP contribution in [0.25, 0.3) is 0 Å². The molecule has 0 fully saturated rings. The van der Waals surface area contributed by atoms with E-state index < -0.39 is 12.1 Å². The second-order valence-corrected chi connectivity index (χ2v) is 4.35. The second-order valence-electron chi connectivity index (χ2n) is 4.35. The lowest BCUT2D eigenvalue weighted by Gasteiger charge is -2.31. The van der Waals surface area contributed by atoms with E-state index in [9.17, 15) is 15.0 Å². The summed E-state index contributed by atoms with van der Waals surface area (Å²) in [6, 6.07) is 7.20. The topological polar surface area (TPSA) is 70.0 Å². The maximum absolute atomic E-state index is 11.5. The molecule has 0 saturated heterocycles. The molecule has 102 valence electrons. The van der Waals surface area contributed by atoms with Crippen molar-refractivity contribution in [1.29, 1.82) is 0 Å². The third kappa shape index (κ3) is 2.42. The van der Waals surface area contributed by atoms with Gasteiger partial charge in [-0.2, -0.15) is 0 Å². The molecule has 0 aliphatic carbocycles. The third-order valence-electron chi connectivity index (χ3n) is 3.17. The summed E-state index contributed by atoms with van der Waals surface area (Å²) < 4.78 is 4.85. The monoisotopic (exact) mass is 263 g/mol. The molecule has 2 rings (SSSR count). The summed E-state index contributed by atoms with van der Waals surface area (Å²) >= 11 is 0. The SMILES string of the molecule is CCOC(=O)CC1=C(O)N(C)c2ccccc2C1O. The fourth-order valence-electron chi connectivity index (χ4n) is 2.21. The Morgan fingerprint density at radius 1 is 1.42 bits per heavy atom. The Labute approximate surface area is 111 Å². The van der Waals surface area contributed by atoms with Gasteiger partial charge in [-0.3, -0.25) is 4.79 Å². The largest absolute Gasteiger partial charge is 0.494 e. The predicted octanol–water partition coefficient (Wildman–Crippen LogP) is 1.89. The molecule has 1 aromatic carbocycles. The fourth-order valence-corrected chi connectivity index (χ4v) is 2.21. The Hall–Kier alpha value is -2.01. The highest BCUT2D eigenvalue weighted by atomic mass is 16.5. The van der Waals surface area contributed by atoms with Crippen LogP contribution in [-0.2, 0) is 9.53 Å². The van der Waals surface area contributed by atoms with Crippen LogP contribution >= 0.6 is 0 Å². The lowest BCUT2D eigenvalue weighted by Crippen LogP contribution is -2.28. The van der Waals surface area contributed by atoms with Crippen LogP contribution in [-0.4, -0.2) is 29.8 Å². The number of aliphatic hydroxyl groups is 2. The van der Waals surface area contributed by atoms with E-state index in [-0.39, 0.29) is 24.5 Å². The number of para-hydroxylation sites is 1. The Bertz CT molecular complexity index is 524. The zero-order valence-electron chi connectivity index (χ0n) is 11.0. The van der Waals surface area contributed by atoms with Crippen LogP contribution in [0.2, 0.25) is 0 Å². The molecule has 0 amide bonds. The lowest BCUT2D eigenvalue weighted by molar-refractivity contribution is -0.142. The predicted molar refractivity (Wildman–Crippen MR) is 70.7 cm³/mol. The number of esters is 1. The van der Waals surface area contributed by atoms with Crippen LogP contribution in [0.5, 0.6) is 0 Å². The van der Waals surface area contributed by atoms with Gasteiger partial charge in [0.2, 0.25) is 0 Å². The number of aliphatic hydroxyl groups excluding tert-OH is 2. The molecule has 1 heterocycles. The summed E-state index contributed by atoms with van der Waals surface area (Å²) in [6.45, 7) is 1.99. The number of hydrogen-bond acceptors (Lipinski definition) is 5. The van der Waals surface area contributed by atoms with Crippen LogP contribution in [0.4, 0.5) is 5.69 Å². The number of benzene rings is 1. The minimum atomic E-state index is -0.989. The van der Waals surface area contributed by atoms with Gasteiger partial charge in [-0.15, -0.1) is 0 Å². The summed E-state index contributed by atoms with van der Waals surface area (Å²) in [5, 5.41) is 20.4. The number of carbonyl (C=O) groups is 1. The van der Waals surface area contributed by atoms with E-state index in [4.69, 9.17) is 4.74 Å². The van der Waals surface area contributed by atoms with Crippen LogP contribution in [0.15, 0.2) is 35.7 Å². The fraction of sp³-hybridized carbons (Fsp3) is 0.357. The van der Waals surface area contributed by atoms with Crippen molar-refractivity contribution in [2.75, 3.05) is 18.6 Å². The number of hydrogen-bond donors (Lipinski definition) is 2. The van der Waals surface area contributed by atoms with Gasteiger partial charge in [-0.25, -0.2) is 0 Å². The summed E-state index contributed by atoms with van der Waals surface area (Å²) in [6.07, 6.45) is -1.11. The Morgan fingerprint density at radius 3 is 2.79 bits per heavy atom. The highest BCUT2D eigenvalue weighted by Gasteiger charge is 2.31. The average molecular weight is 263 g/mol. The molecule has 2 N–H and O–H groups in total. The van der Waals surface area contributed by atoms with Crippen LogP contribution < -0.4 is 4.90 Å². The molecule has 1 unspecified atom stereocenters. The first kappa shape index (κ1) is 13.4. The first-order valence-electron chi connectivity index (χ1n) is 6.14. The third-order valence-corrected chi connectivity index (χ3v) is 3.17. The molecule has 0 saturated carbocycles. The molecule has 1 atom stereocenters. The van der Waals surface area contributed by atoms with Crippen molar-refractivity contribution < 1.29 is 19.7 Å². The van der Waals surface area contributed by atoms with Crippen molar-refractivity contribution in [3.8, 4) is 0 Å². The Morgan fingerprint density at radius 2 is 2.11 bits per heavy atom. The average Bonchev–Trinajstić information content (AvgIpc) is 2.41. The van der Waals surface area contributed by atoms with Crippen molar-refractivity contribution in [2.45, 2.75) is 19.4 Å². The molecule has 0 spiro atoms. The lowest BCUT2D eigenvalue weighted by atomic mass is 9.94. The number of fused-ring (bicyclic) bond motifs is 1. The number of anilines is 1. The first-order chi connectivity index (χ1) is 9.06. The van der Waals surface area contributed by atoms with E-state index >= 15 is 0 Å². The molecule has 1 aliphatic rings. The number of carbonyl (C=O) groups excluding carboxylic acids is 1. The number of rotatable bonds is 3. The number of nitrogens with zero attached hydrogens (tertiary/aromatic N) is 1. The molecule has 1 aliphatic heterocycles. The van der Waals surface area contributed by atoms with Crippen LogP contribution in [0, 0.1) is 0 Å². The van der Waals surface area contributed by atoms with E-state index in [0.29, 0.717) is 5.56 Å². The van der Waals surface area contributed by atoms with Gasteiger partial charge >= 0.3 is 5.97 Å². The zero-order chi connectivity index (χ0) is 14.0. The summed E-state index contributed by atoms with van der Waals surface area (Å²) in [5.41, 5.74) is 1.65. The van der Waals surface area contributed by atoms with Crippen molar-refractivity contribution in [3.63, 3.8) is 0 Å². The molecular formula is C14H17NO4. The quantitative estimate of drug-likeness (QED) is 0.815. The van der Waals surface area contributed by atoms with Crippen LogP contribution in [0.3, 0.4) is 0 Å². The van der Waals surface area contributed by atoms with Crippen molar-refractivity contribution in [1.82, 2.24) is 0 Å². The Balaban J connectivity index is 2.34. The van der Waals surface area contributed by atoms with Gasteiger partial charge in [-0.1, -0.05) is 18.2 Å². The Kier molecular flexibility index (Phi) is 3.76. The highest BCUT2D eigenvalue weighted by molar-refractivity contribution is 5.75. The van der Waals surface area contributed by atoms with Gasteiger partial charge in [-0.05, 0) is 13.0 Å². The maximum Gasteiger partial charge on any atom is 0.310 e. The van der Waals surface area contributed by atoms with E-state index in [2.05, 4.69) is 0 Å². The van der Waals surface area contributed by atoms with E-state index in [1.807, 2.05) is 6.07 Å². The molecule has 0 aromatic heterocycles. The van der Waals surface area contributed by atoms with Gasteiger partial charge in [0.25, 0.3) is 0 Å². The molecule has 1 aromatic rings. The van der Waals surface area contributed by atoms with Gasteiger partial charge in [0.05, 0.1) is 13.0 Å². The van der Waals surface area contributed by atoms with Crippen molar-refractivity contribution >= 4 is 11.7 Å². The van der Waals surface area contributed by atoms with Crippen molar-refractivity contribution in [2.24, 2.45) is 0 Å². The minimum Gasteiger partial charge on any atom is -0.494 e. The van der Waals surface area contributed by atoms with Gasteiger partial charge < -0.3 is 19.8 Å². The molecular weight excluding hydrogens is 246 g/mol. The highest BCUT2D eigenvalue weighted by Crippen LogP contribution is 2.39. The van der Waals surface area contributed by atoms with E-state index in [0.717, 1.165) is 5.69 Å². The van der Waals surface area contributed by atoms with Crippen molar-refractivity contribution in [3.05, 3.63) is 41.3 Å². The maximum atomic E-state index is 11.5. The molecule has 5 nitrogen and oxygen atoms in total. The first-order valence-corrected chi connectivity index (χ1v) is 6.14. The minimum absolute atomic E-state index is 0.0979. The molecule has 5 heteroatoms. The van der Waals surface area contributed by atoms with Crippen LogP contribution in [0.1, 0.15) is 25.0 Å².